The third kappa shape index (κ3) is 3.42. The van der Waals surface area contributed by atoms with Crippen LogP contribution in [0, 0.1) is 12.7 Å². The minimum Gasteiger partial charge on any atom is -0.335 e. The predicted molar refractivity (Wildman–Crippen MR) is 103 cm³/mol. The van der Waals surface area contributed by atoms with Crippen molar-refractivity contribution in [3.63, 3.8) is 0 Å². The molecule has 0 spiro atoms. The molecule has 27 heavy (non-hydrogen) atoms. The molecule has 4 rings (SSSR count). The molecule has 5 nitrogen and oxygen atoms in total. The van der Waals surface area contributed by atoms with Gasteiger partial charge in [-0.1, -0.05) is 11.6 Å². The molecule has 0 saturated carbocycles. The fourth-order valence-electron chi connectivity index (χ4n) is 3.24. The number of aryl methyl sites for hydroxylation is 1. The van der Waals surface area contributed by atoms with Gasteiger partial charge in [0.2, 0.25) is 0 Å². The van der Waals surface area contributed by atoms with Crippen LogP contribution in [0.15, 0.2) is 42.5 Å². The van der Waals surface area contributed by atoms with Crippen molar-refractivity contribution < 1.29 is 14.0 Å². The summed E-state index contributed by atoms with van der Waals surface area (Å²) in [5.41, 5.74) is 2.03. The first kappa shape index (κ1) is 17.6. The molecule has 1 aliphatic heterocycles. The minimum absolute atomic E-state index is 0.0965. The number of carbonyl (C=O) groups excluding carboxylic acids is 2. The molecule has 0 radical (unpaired) electrons. The number of carbonyl (C=O) groups is 2. The van der Waals surface area contributed by atoms with Crippen LogP contribution < -0.4 is 0 Å². The summed E-state index contributed by atoms with van der Waals surface area (Å²) in [6.07, 6.45) is 0. The number of amides is 2. The van der Waals surface area contributed by atoms with Gasteiger partial charge in [0.15, 0.2) is 0 Å². The van der Waals surface area contributed by atoms with E-state index in [1.807, 2.05) is 25.1 Å². The van der Waals surface area contributed by atoms with Crippen molar-refractivity contribution in [3.8, 4) is 0 Å². The molecule has 2 heterocycles. The van der Waals surface area contributed by atoms with E-state index in [1.165, 1.54) is 35.8 Å². The van der Waals surface area contributed by atoms with Crippen LogP contribution in [0.2, 0.25) is 0 Å². The van der Waals surface area contributed by atoms with E-state index in [0.29, 0.717) is 37.4 Å². The molecular formula is C20H18FN3O2S. The second kappa shape index (κ2) is 7.08. The van der Waals surface area contributed by atoms with Crippen molar-refractivity contribution >= 4 is 33.4 Å². The first-order valence-electron chi connectivity index (χ1n) is 8.73. The number of benzene rings is 2. The summed E-state index contributed by atoms with van der Waals surface area (Å²) in [6.45, 7) is 3.80. The average molecular weight is 383 g/mol. The van der Waals surface area contributed by atoms with E-state index in [9.17, 15) is 14.0 Å². The maximum Gasteiger partial charge on any atom is 0.274 e. The first-order valence-corrected chi connectivity index (χ1v) is 9.50. The highest BCUT2D eigenvalue weighted by Crippen LogP contribution is 2.25. The van der Waals surface area contributed by atoms with Gasteiger partial charge in [0.25, 0.3) is 11.8 Å². The second-order valence-corrected chi connectivity index (χ2v) is 7.43. The van der Waals surface area contributed by atoms with Crippen LogP contribution in [0.3, 0.4) is 0 Å². The van der Waals surface area contributed by atoms with Crippen LogP contribution in [-0.2, 0) is 0 Å². The lowest BCUT2D eigenvalue weighted by atomic mass is 10.1. The Morgan fingerprint density at radius 1 is 0.963 bits per heavy atom. The van der Waals surface area contributed by atoms with Crippen LogP contribution in [0.5, 0.6) is 0 Å². The molecule has 0 bridgehead atoms. The van der Waals surface area contributed by atoms with E-state index >= 15 is 0 Å². The molecule has 1 fully saturated rings. The second-order valence-electron chi connectivity index (χ2n) is 6.62. The van der Waals surface area contributed by atoms with Gasteiger partial charge >= 0.3 is 0 Å². The topological polar surface area (TPSA) is 53.5 Å². The number of rotatable bonds is 2. The fraction of sp³-hybridized carbons (Fsp3) is 0.250. The third-order valence-electron chi connectivity index (χ3n) is 4.77. The predicted octanol–water partition coefficient (Wildman–Crippen LogP) is 3.34. The number of halogens is 1. The van der Waals surface area contributed by atoms with Gasteiger partial charge in [-0.15, -0.1) is 0 Å². The van der Waals surface area contributed by atoms with Crippen molar-refractivity contribution in [2.45, 2.75) is 6.92 Å². The Bertz CT molecular complexity index is 1010. The van der Waals surface area contributed by atoms with Gasteiger partial charge < -0.3 is 9.80 Å². The normalized spacial score (nSPS) is 14.6. The minimum atomic E-state index is -0.368. The molecule has 2 amide bonds. The first-order chi connectivity index (χ1) is 13.0. The van der Waals surface area contributed by atoms with Gasteiger partial charge in [0.1, 0.15) is 11.5 Å². The monoisotopic (exact) mass is 383 g/mol. The lowest BCUT2D eigenvalue weighted by Crippen LogP contribution is -2.50. The highest BCUT2D eigenvalue weighted by atomic mass is 32.1. The van der Waals surface area contributed by atoms with E-state index < -0.39 is 0 Å². The average Bonchev–Trinajstić information content (AvgIpc) is 3.10. The Morgan fingerprint density at radius 2 is 1.59 bits per heavy atom. The van der Waals surface area contributed by atoms with Gasteiger partial charge in [-0.2, -0.15) is 4.37 Å². The molecule has 0 aliphatic carbocycles. The highest BCUT2D eigenvalue weighted by Gasteiger charge is 2.27. The molecule has 0 N–H and O–H groups in total. The van der Waals surface area contributed by atoms with Gasteiger partial charge in [-0.05, 0) is 54.9 Å². The molecule has 0 unspecified atom stereocenters. The van der Waals surface area contributed by atoms with E-state index in [-0.39, 0.29) is 17.6 Å². The summed E-state index contributed by atoms with van der Waals surface area (Å²) < 4.78 is 18.4. The number of hydrogen-bond donors (Lipinski definition) is 0. The Labute approximate surface area is 160 Å². The van der Waals surface area contributed by atoms with E-state index in [1.54, 1.807) is 9.80 Å². The van der Waals surface area contributed by atoms with Crippen LogP contribution in [0.1, 0.15) is 26.4 Å². The largest absolute Gasteiger partial charge is 0.335 e. The molecule has 1 saturated heterocycles. The van der Waals surface area contributed by atoms with E-state index in [0.717, 1.165) is 15.6 Å². The molecule has 138 valence electrons. The molecule has 1 aromatic heterocycles. The quantitative estimate of drug-likeness (QED) is 0.682. The van der Waals surface area contributed by atoms with Crippen LogP contribution in [0.25, 0.3) is 10.1 Å². The van der Waals surface area contributed by atoms with E-state index in [4.69, 9.17) is 0 Å². The third-order valence-corrected chi connectivity index (χ3v) is 5.60. The van der Waals surface area contributed by atoms with Crippen molar-refractivity contribution in [3.05, 3.63) is 65.1 Å². The van der Waals surface area contributed by atoms with Crippen molar-refractivity contribution in [2.24, 2.45) is 0 Å². The Balaban J connectivity index is 1.45. The number of nitrogens with zero attached hydrogens (tertiary/aromatic N) is 3. The zero-order valence-electron chi connectivity index (χ0n) is 14.8. The smallest absolute Gasteiger partial charge is 0.274 e. The van der Waals surface area contributed by atoms with Crippen molar-refractivity contribution in [1.29, 1.82) is 0 Å². The van der Waals surface area contributed by atoms with Crippen molar-refractivity contribution in [2.75, 3.05) is 26.2 Å². The molecule has 1 aliphatic rings. The summed E-state index contributed by atoms with van der Waals surface area (Å²) in [5.74, 6) is -0.606. The van der Waals surface area contributed by atoms with E-state index in [2.05, 4.69) is 4.37 Å². The Hall–Kier alpha value is -2.80. The summed E-state index contributed by atoms with van der Waals surface area (Å²) in [7, 11) is 0. The summed E-state index contributed by atoms with van der Waals surface area (Å²) in [5, 5.41) is 0.884. The maximum absolute atomic E-state index is 13.0. The SMILES string of the molecule is Cc1ccc2snc(C(=O)N3CCN(C(=O)c4ccc(F)cc4)CC3)c2c1. The van der Waals surface area contributed by atoms with Crippen LogP contribution in [-0.4, -0.2) is 52.2 Å². The summed E-state index contributed by atoms with van der Waals surface area (Å²) >= 11 is 1.33. The molecular weight excluding hydrogens is 365 g/mol. The van der Waals surface area contributed by atoms with Crippen LogP contribution >= 0.6 is 11.5 Å². The number of hydrogen-bond acceptors (Lipinski definition) is 4. The molecule has 7 heteroatoms. The molecule has 0 atom stereocenters. The standard InChI is InChI=1S/C20H18FN3O2S/c1-13-2-7-17-16(12-13)18(22-27-17)20(26)24-10-8-23(9-11-24)19(25)14-3-5-15(21)6-4-14/h2-7,12H,8-11H2,1H3. The van der Waals surface area contributed by atoms with Gasteiger partial charge in [0, 0.05) is 37.1 Å². The molecule has 3 aromatic rings. The summed E-state index contributed by atoms with van der Waals surface area (Å²) in [4.78, 5) is 28.8. The summed E-state index contributed by atoms with van der Waals surface area (Å²) in [6, 6.07) is 11.5. The number of fused-ring (bicyclic) bond motifs is 1. The zero-order chi connectivity index (χ0) is 19.0. The maximum atomic E-state index is 13.0. The Kier molecular flexibility index (Phi) is 4.61. The lowest BCUT2D eigenvalue weighted by molar-refractivity contribution is 0.0534. The Morgan fingerprint density at radius 3 is 2.26 bits per heavy atom. The van der Waals surface area contributed by atoms with Crippen molar-refractivity contribution in [1.82, 2.24) is 14.2 Å². The van der Waals surface area contributed by atoms with Gasteiger partial charge in [0.05, 0.1) is 4.70 Å². The highest BCUT2D eigenvalue weighted by molar-refractivity contribution is 7.13. The molecule has 2 aromatic carbocycles. The zero-order valence-corrected chi connectivity index (χ0v) is 15.6. The number of piperazine rings is 1. The van der Waals surface area contributed by atoms with Gasteiger partial charge in [-0.3, -0.25) is 9.59 Å². The fourth-order valence-corrected chi connectivity index (χ4v) is 3.99. The number of aromatic nitrogens is 1. The van der Waals surface area contributed by atoms with Gasteiger partial charge in [-0.25, -0.2) is 4.39 Å². The lowest BCUT2D eigenvalue weighted by Gasteiger charge is -2.34. The van der Waals surface area contributed by atoms with Crippen LogP contribution in [0.4, 0.5) is 4.39 Å².